The fraction of sp³-hybridized carbons (Fsp3) is 0.412. The molecule has 1 amide bonds. The Morgan fingerprint density at radius 1 is 1.28 bits per heavy atom. The highest BCUT2D eigenvalue weighted by Crippen LogP contribution is 2.33. The van der Waals surface area contributed by atoms with Gasteiger partial charge in [0.05, 0.1) is 5.69 Å². The van der Waals surface area contributed by atoms with Gasteiger partial charge in [-0.25, -0.2) is 18.9 Å². The molecule has 7 nitrogen and oxygen atoms in total. The summed E-state index contributed by atoms with van der Waals surface area (Å²) in [6.07, 6.45) is 0.349. The van der Waals surface area contributed by atoms with Crippen LogP contribution in [-0.2, 0) is 9.53 Å². The highest BCUT2D eigenvalue weighted by molar-refractivity contribution is 5.96. The van der Waals surface area contributed by atoms with E-state index in [1.54, 1.807) is 27.7 Å². The lowest BCUT2D eigenvalue weighted by Gasteiger charge is -2.21. The minimum atomic E-state index is -1.13. The zero-order chi connectivity index (χ0) is 18.4. The van der Waals surface area contributed by atoms with Crippen LogP contribution in [0.5, 0.6) is 0 Å². The Morgan fingerprint density at radius 2 is 1.92 bits per heavy atom. The minimum absolute atomic E-state index is 0.0689. The van der Waals surface area contributed by atoms with Crippen LogP contribution in [0.15, 0.2) is 24.3 Å². The average Bonchev–Trinajstić information content (AvgIpc) is 2.97. The van der Waals surface area contributed by atoms with Crippen molar-refractivity contribution in [3.8, 4) is 5.69 Å². The van der Waals surface area contributed by atoms with Crippen molar-refractivity contribution in [2.45, 2.75) is 45.3 Å². The van der Waals surface area contributed by atoms with E-state index in [9.17, 15) is 14.0 Å². The van der Waals surface area contributed by atoms with Crippen molar-refractivity contribution in [1.82, 2.24) is 20.1 Å². The molecule has 25 heavy (non-hydrogen) atoms. The van der Waals surface area contributed by atoms with Crippen LogP contribution in [0.3, 0.4) is 0 Å². The lowest BCUT2D eigenvalue weighted by atomic mass is 9.92. The molecule has 2 aromatic rings. The maximum Gasteiger partial charge on any atom is 0.332 e. The zero-order valence-electron chi connectivity index (χ0n) is 14.5. The van der Waals surface area contributed by atoms with Crippen LogP contribution in [0.2, 0.25) is 0 Å². The van der Waals surface area contributed by atoms with E-state index in [1.165, 1.54) is 28.9 Å². The molecule has 2 heterocycles. The highest BCUT2D eigenvalue weighted by atomic mass is 19.1. The van der Waals surface area contributed by atoms with E-state index in [0.29, 0.717) is 17.9 Å². The first-order valence-corrected chi connectivity index (χ1v) is 7.85. The highest BCUT2D eigenvalue weighted by Gasteiger charge is 2.50. The van der Waals surface area contributed by atoms with Crippen molar-refractivity contribution < 1.29 is 18.7 Å². The first-order chi connectivity index (χ1) is 11.6. The van der Waals surface area contributed by atoms with Crippen molar-refractivity contribution in [2.24, 2.45) is 0 Å². The Kier molecular flexibility index (Phi) is 3.85. The van der Waals surface area contributed by atoms with E-state index in [2.05, 4.69) is 15.4 Å². The molecule has 8 heteroatoms. The van der Waals surface area contributed by atoms with Gasteiger partial charge in [-0.05, 0) is 52.0 Å². The lowest BCUT2D eigenvalue weighted by molar-refractivity contribution is -0.149. The number of cyclic esters (lactones) is 1. The van der Waals surface area contributed by atoms with E-state index < -0.39 is 23.0 Å². The summed E-state index contributed by atoms with van der Waals surface area (Å²) in [4.78, 5) is 28.7. The van der Waals surface area contributed by atoms with E-state index >= 15 is 0 Å². The molecule has 0 aliphatic carbocycles. The zero-order valence-corrected chi connectivity index (χ0v) is 14.5. The number of esters is 1. The van der Waals surface area contributed by atoms with Gasteiger partial charge in [0, 0.05) is 6.42 Å². The summed E-state index contributed by atoms with van der Waals surface area (Å²) in [6, 6.07) is 5.68. The number of nitrogens with one attached hydrogen (secondary N) is 1. The number of aryl methyl sites for hydroxylation is 1. The lowest BCUT2D eigenvalue weighted by Crippen LogP contribution is -2.50. The molecule has 1 saturated heterocycles. The number of carbonyl (C=O) groups excluding carboxylic acids is 2. The predicted molar refractivity (Wildman–Crippen MR) is 86.7 cm³/mol. The molecule has 1 atom stereocenters. The van der Waals surface area contributed by atoms with Crippen LogP contribution < -0.4 is 5.32 Å². The smallest absolute Gasteiger partial charge is 0.332 e. The summed E-state index contributed by atoms with van der Waals surface area (Å²) in [6.45, 7) is 6.87. The van der Waals surface area contributed by atoms with E-state index in [1.807, 2.05) is 0 Å². The molecule has 3 rings (SSSR count). The maximum absolute atomic E-state index is 13.1. The quantitative estimate of drug-likeness (QED) is 0.858. The monoisotopic (exact) mass is 346 g/mol. The standard InChI is InChI=1S/C17H19FN4O3/c1-10-19-13(21-22(10)12-7-5-11(18)6-8-12)14(23)20-17(4)9-16(2,3)25-15(17)24/h5-8H,9H2,1-4H3,(H,20,23). The van der Waals surface area contributed by atoms with Gasteiger partial charge in [-0.1, -0.05) is 0 Å². The van der Waals surface area contributed by atoms with Crippen LogP contribution in [-0.4, -0.2) is 37.8 Å². The summed E-state index contributed by atoms with van der Waals surface area (Å²) < 4.78 is 19.8. The van der Waals surface area contributed by atoms with Gasteiger partial charge in [0.2, 0.25) is 5.82 Å². The third kappa shape index (κ3) is 3.24. The number of amides is 1. The molecule has 0 saturated carbocycles. The summed E-state index contributed by atoms with van der Waals surface area (Å²) in [7, 11) is 0. The van der Waals surface area contributed by atoms with Crippen LogP contribution in [0.1, 0.15) is 43.6 Å². The third-order valence-electron chi connectivity index (χ3n) is 4.03. The van der Waals surface area contributed by atoms with Crippen LogP contribution in [0.4, 0.5) is 4.39 Å². The number of aromatic nitrogens is 3. The van der Waals surface area contributed by atoms with Crippen molar-refractivity contribution in [3.63, 3.8) is 0 Å². The minimum Gasteiger partial charge on any atom is -0.458 e. The third-order valence-corrected chi connectivity index (χ3v) is 4.03. The van der Waals surface area contributed by atoms with E-state index in [4.69, 9.17) is 4.74 Å². The van der Waals surface area contributed by atoms with Crippen LogP contribution >= 0.6 is 0 Å². The van der Waals surface area contributed by atoms with Gasteiger partial charge in [0.15, 0.2) is 0 Å². The summed E-state index contributed by atoms with van der Waals surface area (Å²) in [5, 5.41) is 6.83. The molecule has 0 spiro atoms. The first-order valence-electron chi connectivity index (χ1n) is 7.85. The molecule has 1 unspecified atom stereocenters. The Balaban J connectivity index is 1.83. The SMILES string of the molecule is Cc1nc(C(=O)NC2(C)CC(C)(C)OC2=O)nn1-c1ccc(F)cc1. The van der Waals surface area contributed by atoms with Gasteiger partial charge in [-0.2, -0.15) is 0 Å². The van der Waals surface area contributed by atoms with Gasteiger partial charge in [-0.15, -0.1) is 5.10 Å². The Bertz CT molecular complexity index is 844. The van der Waals surface area contributed by atoms with Crippen molar-refractivity contribution >= 4 is 11.9 Å². The van der Waals surface area contributed by atoms with Crippen molar-refractivity contribution in [3.05, 3.63) is 41.7 Å². The van der Waals surface area contributed by atoms with E-state index in [-0.39, 0.29) is 11.6 Å². The average molecular weight is 346 g/mol. The number of nitrogens with zero attached hydrogens (tertiary/aromatic N) is 3. The van der Waals surface area contributed by atoms with Gasteiger partial charge in [-0.3, -0.25) is 4.79 Å². The fourth-order valence-corrected chi connectivity index (χ4v) is 3.04. The number of hydrogen-bond donors (Lipinski definition) is 1. The molecule has 1 aromatic heterocycles. The number of rotatable bonds is 3. The van der Waals surface area contributed by atoms with Gasteiger partial charge >= 0.3 is 5.97 Å². The second-order valence-corrected chi connectivity index (χ2v) is 6.98. The molecule has 1 fully saturated rings. The van der Waals surface area contributed by atoms with Gasteiger partial charge < -0.3 is 10.1 Å². The Labute approximate surface area is 144 Å². The fourth-order valence-electron chi connectivity index (χ4n) is 3.04. The topological polar surface area (TPSA) is 86.1 Å². The van der Waals surface area contributed by atoms with Crippen molar-refractivity contribution in [2.75, 3.05) is 0 Å². The number of hydrogen-bond acceptors (Lipinski definition) is 5. The normalized spacial score (nSPS) is 21.9. The second kappa shape index (κ2) is 5.65. The molecule has 1 aliphatic rings. The van der Waals surface area contributed by atoms with Crippen LogP contribution in [0.25, 0.3) is 5.69 Å². The molecule has 0 bridgehead atoms. The molecule has 1 aliphatic heterocycles. The molecular formula is C17H19FN4O3. The largest absolute Gasteiger partial charge is 0.458 e. The van der Waals surface area contributed by atoms with Gasteiger partial charge in [0.25, 0.3) is 5.91 Å². The number of benzene rings is 1. The Hall–Kier alpha value is -2.77. The van der Waals surface area contributed by atoms with Gasteiger partial charge in [0.1, 0.15) is 22.8 Å². The molecule has 1 aromatic carbocycles. The predicted octanol–water partition coefficient (Wildman–Crippen LogP) is 1.93. The maximum atomic E-state index is 13.1. The number of ether oxygens (including phenoxy) is 1. The summed E-state index contributed by atoms with van der Waals surface area (Å²) in [5.74, 6) is -1.02. The molecule has 1 N–H and O–H groups in total. The van der Waals surface area contributed by atoms with Crippen molar-refractivity contribution in [1.29, 1.82) is 0 Å². The molecule has 0 radical (unpaired) electrons. The van der Waals surface area contributed by atoms with E-state index in [0.717, 1.165) is 0 Å². The number of carbonyl (C=O) groups is 2. The second-order valence-electron chi connectivity index (χ2n) is 6.98. The number of halogens is 1. The Morgan fingerprint density at radius 3 is 2.48 bits per heavy atom. The molecular weight excluding hydrogens is 327 g/mol. The first kappa shape index (κ1) is 17.1. The summed E-state index contributed by atoms with van der Waals surface area (Å²) in [5.41, 5.74) is -1.19. The molecule has 132 valence electrons. The van der Waals surface area contributed by atoms with Crippen LogP contribution in [0, 0.1) is 12.7 Å². The summed E-state index contributed by atoms with van der Waals surface area (Å²) >= 11 is 0.